The number of carbonyl (C=O) groups is 1. The highest BCUT2D eigenvalue weighted by Crippen LogP contribution is 2.29. The van der Waals surface area contributed by atoms with Crippen LogP contribution in [-0.2, 0) is 11.2 Å². The van der Waals surface area contributed by atoms with Gasteiger partial charge in [-0.25, -0.2) is 4.79 Å². The van der Waals surface area contributed by atoms with E-state index in [0.29, 0.717) is 33.3 Å². The van der Waals surface area contributed by atoms with Crippen molar-refractivity contribution in [1.82, 2.24) is 0 Å². The molecule has 21 heavy (non-hydrogen) atoms. The number of rotatable bonds is 5. The van der Waals surface area contributed by atoms with Crippen LogP contribution in [0.3, 0.4) is 0 Å². The summed E-state index contributed by atoms with van der Waals surface area (Å²) in [6, 6.07) is 9.60. The number of phenols is 1. The van der Waals surface area contributed by atoms with Gasteiger partial charge in [-0.15, -0.1) is 0 Å². The van der Waals surface area contributed by atoms with E-state index in [2.05, 4.69) is 0 Å². The molecule has 0 spiro atoms. The fourth-order valence-electron chi connectivity index (χ4n) is 1.87. The van der Waals surface area contributed by atoms with Crippen molar-refractivity contribution < 1.29 is 19.7 Å². The Bertz CT molecular complexity index is 671. The molecule has 0 fully saturated rings. The van der Waals surface area contributed by atoms with Gasteiger partial charge in [-0.3, -0.25) is 0 Å². The maximum Gasteiger partial charge on any atom is 0.341 e. The summed E-state index contributed by atoms with van der Waals surface area (Å²) in [5.41, 5.74) is 1.27. The van der Waals surface area contributed by atoms with E-state index < -0.39 is 12.6 Å². The Morgan fingerprint density at radius 1 is 1.05 bits per heavy atom. The molecule has 0 amide bonds. The molecule has 6 heteroatoms. The van der Waals surface area contributed by atoms with Crippen molar-refractivity contribution in [2.75, 3.05) is 6.61 Å². The Balaban J connectivity index is 2.31. The minimum Gasteiger partial charge on any atom is -0.508 e. The molecule has 0 heterocycles. The van der Waals surface area contributed by atoms with Gasteiger partial charge in [-0.2, -0.15) is 0 Å². The number of hydrogen-bond acceptors (Lipinski definition) is 3. The van der Waals surface area contributed by atoms with Gasteiger partial charge in [0.15, 0.2) is 6.61 Å². The summed E-state index contributed by atoms with van der Waals surface area (Å²) in [5.74, 6) is -0.564. The van der Waals surface area contributed by atoms with Crippen molar-refractivity contribution in [2.24, 2.45) is 0 Å². The fraction of sp³-hybridized carbons (Fsp3) is 0.133. The molecule has 0 aromatic heterocycles. The molecule has 0 atom stereocenters. The average Bonchev–Trinajstić information content (AvgIpc) is 2.42. The molecule has 2 aromatic carbocycles. The first-order valence-corrected chi connectivity index (χ1v) is 6.81. The van der Waals surface area contributed by atoms with Crippen LogP contribution in [0.15, 0.2) is 36.4 Å². The van der Waals surface area contributed by atoms with Gasteiger partial charge in [0.2, 0.25) is 0 Å². The molecule has 0 saturated carbocycles. The average molecular weight is 327 g/mol. The minimum atomic E-state index is -1.07. The van der Waals surface area contributed by atoms with Crippen molar-refractivity contribution in [3.05, 3.63) is 57.6 Å². The minimum absolute atomic E-state index is 0.101. The molecule has 4 nitrogen and oxygen atoms in total. The van der Waals surface area contributed by atoms with E-state index in [4.69, 9.17) is 33.0 Å². The number of benzene rings is 2. The second kappa shape index (κ2) is 6.70. The number of halogens is 2. The molecule has 0 aliphatic carbocycles. The SMILES string of the molecule is O=C(O)COc1ccc(Cl)cc1Cc1cc(Cl)ccc1O. The summed E-state index contributed by atoms with van der Waals surface area (Å²) in [5, 5.41) is 19.5. The van der Waals surface area contributed by atoms with Gasteiger partial charge in [0, 0.05) is 22.0 Å². The number of aromatic hydroxyl groups is 1. The number of phenolic OH excluding ortho intramolecular Hbond substituents is 1. The third-order valence-electron chi connectivity index (χ3n) is 2.80. The number of carboxylic acid groups (broad SMARTS) is 1. The first kappa shape index (κ1) is 15.5. The normalized spacial score (nSPS) is 10.4. The highest BCUT2D eigenvalue weighted by molar-refractivity contribution is 6.31. The fourth-order valence-corrected chi connectivity index (χ4v) is 2.26. The second-order valence-corrected chi connectivity index (χ2v) is 5.26. The zero-order chi connectivity index (χ0) is 15.4. The topological polar surface area (TPSA) is 66.8 Å². The molecular formula is C15H12Cl2O4. The molecule has 0 saturated heterocycles. The number of hydrogen-bond donors (Lipinski definition) is 2. The second-order valence-electron chi connectivity index (χ2n) is 4.38. The van der Waals surface area contributed by atoms with Crippen LogP contribution in [0.5, 0.6) is 11.5 Å². The zero-order valence-electron chi connectivity index (χ0n) is 10.8. The van der Waals surface area contributed by atoms with Crippen molar-refractivity contribution in [2.45, 2.75) is 6.42 Å². The maximum absolute atomic E-state index is 10.6. The summed E-state index contributed by atoms with van der Waals surface area (Å²) in [6.07, 6.45) is 0.321. The van der Waals surface area contributed by atoms with Crippen molar-refractivity contribution >= 4 is 29.2 Å². The van der Waals surface area contributed by atoms with Crippen LogP contribution in [0, 0.1) is 0 Å². The Kier molecular flexibility index (Phi) is 4.94. The summed E-state index contributed by atoms with van der Waals surface area (Å²) >= 11 is 11.9. The lowest BCUT2D eigenvalue weighted by molar-refractivity contribution is -0.139. The molecule has 2 N–H and O–H groups in total. The number of aliphatic carboxylic acids is 1. The summed E-state index contributed by atoms with van der Waals surface area (Å²) in [4.78, 5) is 10.6. The van der Waals surface area contributed by atoms with E-state index >= 15 is 0 Å². The van der Waals surface area contributed by atoms with Crippen LogP contribution in [0.4, 0.5) is 0 Å². The largest absolute Gasteiger partial charge is 0.508 e. The van der Waals surface area contributed by atoms with Crippen LogP contribution in [0.1, 0.15) is 11.1 Å². The molecule has 2 rings (SSSR count). The molecule has 2 aromatic rings. The monoisotopic (exact) mass is 326 g/mol. The molecule has 110 valence electrons. The Labute approximate surface area is 131 Å². The summed E-state index contributed by atoms with van der Waals surface area (Å²) in [6.45, 7) is -0.448. The van der Waals surface area contributed by atoms with E-state index in [1.165, 1.54) is 6.07 Å². The Morgan fingerprint density at radius 3 is 2.33 bits per heavy atom. The predicted octanol–water partition coefficient (Wildman–Crippen LogP) is 3.75. The van der Waals surface area contributed by atoms with E-state index in [0.717, 1.165) is 0 Å². The lowest BCUT2D eigenvalue weighted by Gasteiger charge is -2.12. The Morgan fingerprint density at radius 2 is 1.67 bits per heavy atom. The van der Waals surface area contributed by atoms with Crippen molar-refractivity contribution in [3.8, 4) is 11.5 Å². The quantitative estimate of drug-likeness (QED) is 0.878. The van der Waals surface area contributed by atoms with E-state index in [1.807, 2.05) is 0 Å². The number of ether oxygens (including phenoxy) is 1. The molecule has 0 aliphatic rings. The third kappa shape index (κ3) is 4.28. The van der Waals surface area contributed by atoms with Crippen LogP contribution >= 0.6 is 23.2 Å². The van der Waals surface area contributed by atoms with E-state index in [1.54, 1.807) is 30.3 Å². The molecule has 0 bridgehead atoms. The van der Waals surface area contributed by atoms with Crippen LogP contribution in [-0.4, -0.2) is 22.8 Å². The Hall–Kier alpha value is -1.91. The highest BCUT2D eigenvalue weighted by atomic mass is 35.5. The first-order chi connectivity index (χ1) is 9.95. The maximum atomic E-state index is 10.6. The predicted molar refractivity (Wildman–Crippen MR) is 80.5 cm³/mol. The third-order valence-corrected chi connectivity index (χ3v) is 3.27. The molecule has 0 aliphatic heterocycles. The van der Waals surface area contributed by atoms with E-state index in [9.17, 15) is 9.90 Å². The lowest BCUT2D eigenvalue weighted by Crippen LogP contribution is -2.10. The van der Waals surface area contributed by atoms with Gasteiger partial charge in [-0.1, -0.05) is 23.2 Å². The van der Waals surface area contributed by atoms with Crippen LogP contribution < -0.4 is 4.74 Å². The van der Waals surface area contributed by atoms with Gasteiger partial charge >= 0.3 is 5.97 Å². The first-order valence-electron chi connectivity index (χ1n) is 6.06. The van der Waals surface area contributed by atoms with Gasteiger partial charge < -0.3 is 14.9 Å². The molecule has 0 radical (unpaired) electrons. The van der Waals surface area contributed by atoms with Gasteiger partial charge in [-0.05, 0) is 42.0 Å². The summed E-state index contributed by atoms with van der Waals surface area (Å²) < 4.78 is 5.22. The standard InChI is InChI=1S/C15H12Cl2O4/c16-11-1-3-13(18)9(6-11)5-10-7-12(17)2-4-14(10)21-8-15(19)20/h1-4,6-7,18H,5,8H2,(H,19,20). The van der Waals surface area contributed by atoms with Crippen molar-refractivity contribution in [3.63, 3.8) is 0 Å². The lowest BCUT2D eigenvalue weighted by atomic mass is 10.0. The smallest absolute Gasteiger partial charge is 0.341 e. The van der Waals surface area contributed by atoms with Crippen LogP contribution in [0.2, 0.25) is 10.0 Å². The van der Waals surface area contributed by atoms with Crippen LogP contribution in [0.25, 0.3) is 0 Å². The van der Waals surface area contributed by atoms with Gasteiger partial charge in [0.25, 0.3) is 0 Å². The van der Waals surface area contributed by atoms with E-state index in [-0.39, 0.29) is 5.75 Å². The van der Waals surface area contributed by atoms with Crippen molar-refractivity contribution in [1.29, 1.82) is 0 Å². The summed E-state index contributed by atoms with van der Waals surface area (Å²) in [7, 11) is 0. The molecule has 0 unspecified atom stereocenters. The highest BCUT2D eigenvalue weighted by Gasteiger charge is 2.11. The zero-order valence-corrected chi connectivity index (χ0v) is 12.4. The van der Waals surface area contributed by atoms with Gasteiger partial charge in [0.1, 0.15) is 11.5 Å². The van der Waals surface area contributed by atoms with Gasteiger partial charge in [0.05, 0.1) is 0 Å². The molecular weight excluding hydrogens is 315 g/mol. The number of carboxylic acids is 1.